The summed E-state index contributed by atoms with van der Waals surface area (Å²) in [5.41, 5.74) is 1.31. The summed E-state index contributed by atoms with van der Waals surface area (Å²) in [4.78, 5) is 16.1. The highest BCUT2D eigenvalue weighted by Crippen LogP contribution is 2.23. The molecule has 1 amide bonds. The maximum atomic E-state index is 12.8. The van der Waals surface area contributed by atoms with E-state index in [9.17, 15) is 13.6 Å². The largest absolute Gasteiger partial charge is 0.493 e. The molecule has 1 N–H and O–H groups in total. The third-order valence-corrected chi connectivity index (χ3v) is 3.51. The molecule has 0 saturated carbocycles. The van der Waals surface area contributed by atoms with Gasteiger partial charge in [-0.2, -0.15) is 8.78 Å². The Kier molecular flexibility index (Phi) is 7.10. The van der Waals surface area contributed by atoms with Crippen LogP contribution in [-0.2, 0) is 6.42 Å². The van der Waals surface area contributed by atoms with E-state index in [1.54, 1.807) is 24.4 Å². The highest BCUT2D eigenvalue weighted by Gasteiger charge is 2.22. The topological polar surface area (TPSA) is 60.5 Å². The number of hydrogen-bond donors (Lipinski definition) is 1. The Hall–Kier alpha value is -2.70. The molecule has 0 unspecified atom stereocenters. The third kappa shape index (κ3) is 7.60. The van der Waals surface area contributed by atoms with Gasteiger partial charge in [0.15, 0.2) is 0 Å². The first kappa shape index (κ1) is 20.6. The first-order valence-electron chi connectivity index (χ1n) is 8.76. The van der Waals surface area contributed by atoms with Crippen LogP contribution in [-0.4, -0.2) is 30.2 Å². The second kappa shape index (κ2) is 9.30. The lowest BCUT2D eigenvalue weighted by molar-refractivity contribution is -0.158. The predicted molar refractivity (Wildman–Crippen MR) is 98.3 cm³/mol. The van der Waals surface area contributed by atoms with Gasteiger partial charge in [-0.15, -0.1) is 0 Å². The zero-order valence-electron chi connectivity index (χ0n) is 15.7. The summed E-state index contributed by atoms with van der Waals surface area (Å²) in [7, 11) is 0. The van der Waals surface area contributed by atoms with Gasteiger partial charge in [0.25, 0.3) is 5.91 Å². The molecule has 27 heavy (non-hydrogen) atoms. The maximum absolute atomic E-state index is 12.8. The number of ether oxygens (including phenoxy) is 2. The molecule has 0 atom stereocenters. The molecule has 0 radical (unpaired) electrons. The van der Waals surface area contributed by atoms with Gasteiger partial charge < -0.3 is 14.8 Å². The van der Waals surface area contributed by atoms with Crippen molar-refractivity contribution in [3.05, 3.63) is 53.9 Å². The lowest BCUT2D eigenvalue weighted by atomic mass is 10.2. The van der Waals surface area contributed by atoms with Gasteiger partial charge in [0.05, 0.1) is 6.61 Å². The van der Waals surface area contributed by atoms with Crippen LogP contribution in [0.4, 0.5) is 8.78 Å². The Morgan fingerprint density at radius 3 is 2.37 bits per heavy atom. The molecule has 1 aromatic carbocycles. The standard InChI is InChI=1S/C20H24F2N2O3/c1-14(2)12-24-19(25)18-9-4-15(13-23-18)10-11-26-16-5-7-17(8-6-16)27-20(3,21)22/h4-9,13-14H,10-12H2,1-3H3,(H,24,25). The molecule has 1 aromatic heterocycles. The van der Waals surface area contributed by atoms with Crippen LogP contribution in [0.3, 0.4) is 0 Å². The molecule has 0 fully saturated rings. The quantitative estimate of drug-likeness (QED) is 0.714. The number of pyridine rings is 1. The van der Waals surface area contributed by atoms with Crippen LogP contribution in [0.2, 0.25) is 0 Å². The van der Waals surface area contributed by atoms with Gasteiger partial charge in [0.2, 0.25) is 0 Å². The third-order valence-electron chi connectivity index (χ3n) is 3.51. The number of alkyl halides is 2. The molecule has 2 aromatic rings. The number of nitrogens with zero attached hydrogens (tertiary/aromatic N) is 1. The van der Waals surface area contributed by atoms with E-state index in [4.69, 9.17) is 4.74 Å². The zero-order valence-corrected chi connectivity index (χ0v) is 15.7. The number of halogens is 2. The molecule has 1 heterocycles. The van der Waals surface area contributed by atoms with E-state index < -0.39 is 6.11 Å². The van der Waals surface area contributed by atoms with E-state index in [-0.39, 0.29) is 11.7 Å². The van der Waals surface area contributed by atoms with Gasteiger partial charge in [-0.3, -0.25) is 9.78 Å². The van der Waals surface area contributed by atoms with E-state index in [1.807, 2.05) is 19.9 Å². The molecular formula is C20H24F2N2O3. The van der Waals surface area contributed by atoms with Crippen LogP contribution in [0.1, 0.15) is 36.8 Å². The Labute approximate surface area is 157 Å². The Balaban J connectivity index is 1.79. The van der Waals surface area contributed by atoms with E-state index in [0.717, 1.165) is 5.56 Å². The molecule has 5 nitrogen and oxygen atoms in total. The van der Waals surface area contributed by atoms with Crippen molar-refractivity contribution in [3.8, 4) is 11.5 Å². The molecule has 0 bridgehead atoms. The summed E-state index contributed by atoms with van der Waals surface area (Å²) in [5, 5.41) is 2.82. The summed E-state index contributed by atoms with van der Waals surface area (Å²) in [5.74, 6) is 0.820. The number of amides is 1. The lowest BCUT2D eigenvalue weighted by Gasteiger charge is -2.13. The van der Waals surface area contributed by atoms with E-state index in [2.05, 4.69) is 15.0 Å². The fourth-order valence-electron chi connectivity index (χ4n) is 2.19. The molecule has 0 saturated heterocycles. The highest BCUT2D eigenvalue weighted by atomic mass is 19.3. The summed E-state index contributed by atoms with van der Waals surface area (Å²) >= 11 is 0. The van der Waals surface area contributed by atoms with Crippen molar-refractivity contribution in [3.63, 3.8) is 0 Å². The molecule has 146 valence electrons. The molecule has 7 heteroatoms. The van der Waals surface area contributed by atoms with Crippen LogP contribution < -0.4 is 14.8 Å². The monoisotopic (exact) mass is 378 g/mol. The van der Waals surface area contributed by atoms with Crippen LogP contribution in [0.25, 0.3) is 0 Å². The molecule has 2 rings (SSSR count). The summed E-state index contributed by atoms with van der Waals surface area (Å²) in [6.07, 6.45) is -0.965. The maximum Gasteiger partial charge on any atom is 0.394 e. The minimum absolute atomic E-state index is 0.0744. The minimum atomic E-state index is -3.22. The Bertz CT molecular complexity index is 726. The first-order chi connectivity index (χ1) is 12.7. The van der Waals surface area contributed by atoms with E-state index in [0.29, 0.717) is 43.9 Å². The fraction of sp³-hybridized carbons (Fsp3) is 0.400. The summed E-state index contributed by atoms with van der Waals surface area (Å²) in [6.45, 7) is 5.73. The van der Waals surface area contributed by atoms with E-state index in [1.165, 1.54) is 12.1 Å². The molecule has 0 aliphatic carbocycles. The van der Waals surface area contributed by atoms with Gasteiger partial charge in [-0.05, 0) is 41.8 Å². The van der Waals surface area contributed by atoms with Crippen LogP contribution in [0.15, 0.2) is 42.6 Å². The molecule has 0 aliphatic rings. The van der Waals surface area contributed by atoms with Crippen LogP contribution >= 0.6 is 0 Å². The second-order valence-electron chi connectivity index (χ2n) is 6.64. The van der Waals surface area contributed by atoms with Gasteiger partial charge in [0.1, 0.15) is 17.2 Å². The van der Waals surface area contributed by atoms with Gasteiger partial charge >= 0.3 is 6.11 Å². The van der Waals surface area contributed by atoms with Gasteiger partial charge in [-0.25, -0.2) is 0 Å². The zero-order chi connectivity index (χ0) is 19.9. The number of carbonyl (C=O) groups excluding carboxylic acids is 1. The first-order valence-corrected chi connectivity index (χ1v) is 8.76. The van der Waals surface area contributed by atoms with Crippen molar-refractivity contribution < 1.29 is 23.0 Å². The van der Waals surface area contributed by atoms with Crippen molar-refractivity contribution in [1.29, 1.82) is 0 Å². The van der Waals surface area contributed by atoms with Crippen LogP contribution in [0.5, 0.6) is 11.5 Å². The van der Waals surface area contributed by atoms with Crippen LogP contribution in [0, 0.1) is 5.92 Å². The van der Waals surface area contributed by atoms with Gasteiger partial charge in [-0.1, -0.05) is 19.9 Å². The molecule has 0 spiro atoms. The number of carbonyl (C=O) groups is 1. The Morgan fingerprint density at radius 2 is 1.81 bits per heavy atom. The minimum Gasteiger partial charge on any atom is -0.493 e. The SMILES string of the molecule is CC(C)CNC(=O)c1ccc(CCOc2ccc(OC(C)(F)F)cc2)cn1. The summed E-state index contributed by atoms with van der Waals surface area (Å²) in [6, 6.07) is 9.52. The smallest absolute Gasteiger partial charge is 0.394 e. The average molecular weight is 378 g/mol. The van der Waals surface area contributed by atoms with Crippen molar-refractivity contribution in [2.75, 3.05) is 13.2 Å². The van der Waals surface area contributed by atoms with Crippen molar-refractivity contribution >= 4 is 5.91 Å². The number of benzene rings is 1. The van der Waals surface area contributed by atoms with Gasteiger partial charge in [0, 0.05) is 26.1 Å². The second-order valence-corrected chi connectivity index (χ2v) is 6.64. The highest BCUT2D eigenvalue weighted by molar-refractivity contribution is 5.92. The van der Waals surface area contributed by atoms with Crippen molar-refractivity contribution in [2.45, 2.75) is 33.3 Å². The van der Waals surface area contributed by atoms with Crippen molar-refractivity contribution in [1.82, 2.24) is 10.3 Å². The van der Waals surface area contributed by atoms with E-state index >= 15 is 0 Å². The lowest BCUT2D eigenvalue weighted by Crippen LogP contribution is -2.28. The number of nitrogens with one attached hydrogen (secondary N) is 1. The number of hydrogen-bond acceptors (Lipinski definition) is 4. The Morgan fingerprint density at radius 1 is 1.15 bits per heavy atom. The fourth-order valence-corrected chi connectivity index (χ4v) is 2.19. The molecular weight excluding hydrogens is 354 g/mol. The predicted octanol–water partition coefficient (Wildman–Crippen LogP) is 4.08. The van der Waals surface area contributed by atoms with Crippen molar-refractivity contribution in [2.24, 2.45) is 5.92 Å². The average Bonchev–Trinajstić information content (AvgIpc) is 2.60. The number of aromatic nitrogens is 1. The number of rotatable bonds is 9. The molecule has 0 aliphatic heterocycles. The normalized spacial score (nSPS) is 11.3. The summed E-state index contributed by atoms with van der Waals surface area (Å²) < 4.78 is 35.6.